The lowest BCUT2D eigenvalue weighted by molar-refractivity contribution is -0.140. The van der Waals surface area contributed by atoms with Gasteiger partial charge in [-0.05, 0) is 24.1 Å². The second-order valence-corrected chi connectivity index (χ2v) is 4.40. The molecular formula is C12H15NO4S. The van der Waals surface area contributed by atoms with E-state index in [9.17, 15) is 9.59 Å². The minimum atomic E-state index is -0.493. The zero-order chi connectivity index (χ0) is 13.4. The maximum absolute atomic E-state index is 11.5. The van der Waals surface area contributed by atoms with Crippen molar-refractivity contribution in [1.82, 2.24) is 4.31 Å². The van der Waals surface area contributed by atoms with E-state index in [-0.39, 0.29) is 18.9 Å². The molecule has 0 N–H and O–H groups in total. The van der Waals surface area contributed by atoms with Gasteiger partial charge in [-0.15, -0.1) is 0 Å². The molecule has 0 aliphatic heterocycles. The summed E-state index contributed by atoms with van der Waals surface area (Å²) < 4.78 is 10.6. The number of esters is 1. The summed E-state index contributed by atoms with van der Waals surface area (Å²) in [5.74, 6) is -0.363. The molecule has 0 saturated carbocycles. The number of carbonyl (C=O) groups excluding carboxylic acids is 2. The summed E-state index contributed by atoms with van der Waals surface area (Å²) in [6.07, 6.45) is -0.362. The molecule has 0 saturated heterocycles. The summed E-state index contributed by atoms with van der Waals surface area (Å²) in [4.78, 5) is 23.5. The average molecular weight is 269 g/mol. The Labute approximate surface area is 110 Å². The molecule has 0 aliphatic rings. The van der Waals surface area contributed by atoms with Crippen molar-refractivity contribution in [3.05, 3.63) is 30.3 Å². The van der Waals surface area contributed by atoms with Crippen molar-refractivity contribution in [1.29, 1.82) is 0 Å². The SMILES string of the molecule is COC(=O)CCN(Sc1ccccc1)C(=O)OC. The van der Waals surface area contributed by atoms with Gasteiger partial charge < -0.3 is 9.47 Å². The zero-order valence-electron chi connectivity index (χ0n) is 10.3. The molecule has 0 atom stereocenters. The molecule has 0 unspecified atom stereocenters. The number of amides is 1. The molecule has 0 heterocycles. The van der Waals surface area contributed by atoms with Crippen molar-refractivity contribution in [2.24, 2.45) is 0 Å². The molecule has 1 rings (SSSR count). The number of carbonyl (C=O) groups is 2. The smallest absolute Gasteiger partial charge is 0.419 e. The fourth-order valence-electron chi connectivity index (χ4n) is 1.18. The normalized spacial score (nSPS) is 9.67. The van der Waals surface area contributed by atoms with Crippen LogP contribution in [0.15, 0.2) is 35.2 Å². The minimum absolute atomic E-state index is 0.130. The summed E-state index contributed by atoms with van der Waals surface area (Å²) in [6, 6.07) is 9.38. The molecule has 6 heteroatoms. The zero-order valence-corrected chi connectivity index (χ0v) is 11.1. The third-order valence-electron chi connectivity index (χ3n) is 2.08. The van der Waals surface area contributed by atoms with Gasteiger partial charge in [0.15, 0.2) is 0 Å². The van der Waals surface area contributed by atoms with Crippen LogP contribution >= 0.6 is 11.9 Å². The Morgan fingerprint density at radius 1 is 1.17 bits per heavy atom. The van der Waals surface area contributed by atoms with E-state index in [0.29, 0.717) is 0 Å². The summed E-state index contributed by atoms with van der Waals surface area (Å²) in [5.41, 5.74) is 0. The molecule has 18 heavy (non-hydrogen) atoms. The number of benzene rings is 1. The van der Waals surface area contributed by atoms with Crippen molar-refractivity contribution in [3.8, 4) is 0 Å². The second-order valence-electron chi connectivity index (χ2n) is 3.30. The third-order valence-corrected chi connectivity index (χ3v) is 3.12. The molecule has 0 spiro atoms. The summed E-state index contributed by atoms with van der Waals surface area (Å²) in [6.45, 7) is 0.235. The Kier molecular flexibility index (Phi) is 6.07. The molecule has 1 aromatic carbocycles. The first-order valence-electron chi connectivity index (χ1n) is 5.32. The highest BCUT2D eigenvalue weighted by molar-refractivity contribution is 7.97. The summed E-state index contributed by atoms with van der Waals surface area (Å²) >= 11 is 1.22. The van der Waals surface area contributed by atoms with Gasteiger partial charge in [-0.25, -0.2) is 9.10 Å². The van der Waals surface area contributed by atoms with Crippen LogP contribution in [0.4, 0.5) is 4.79 Å². The lowest BCUT2D eigenvalue weighted by Crippen LogP contribution is -2.26. The summed E-state index contributed by atoms with van der Waals surface area (Å²) in [5, 5.41) is 0. The predicted octanol–water partition coefficient (Wildman–Crippen LogP) is 2.33. The van der Waals surface area contributed by atoms with Crippen LogP contribution in [-0.2, 0) is 14.3 Å². The maximum atomic E-state index is 11.5. The molecule has 5 nitrogen and oxygen atoms in total. The Hall–Kier alpha value is -1.69. The first kappa shape index (κ1) is 14.4. The van der Waals surface area contributed by atoms with Crippen molar-refractivity contribution < 1.29 is 19.1 Å². The van der Waals surface area contributed by atoms with Crippen LogP contribution in [0.2, 0.25) is 0 Å². The van der Waals surface area contributed by atoms with Crippen LogP contribution in [0.25, 0.3) is 0 Å². The van der Waals surface area contributed by atoms with Crippen molar-refractivity contribution in [2.45, 2.75) is 11.3 Å². The number of ether oxygens (including phenoxy) is 2. The molecular weight excluding hydrogens is 254 g/mol. The molecule has 0 fully saturated rings. The Balaban J connectivity index is 2.61. The highest BCUT2D eigenvalue weighted by Crippen LogP contribution is 2.23. The fourth-order valence-corrected chi connectivity index (χ4v) is 2.04. The molecule has 0 bridgehead atoms. The first-order chi connectivity index (χ1) is 8.67. The van der Waals surface area contributed by atoms with Gasteiger partial charge in [-0.3, -0.25) is 4.79 Å². The van der Waals surface area contributed by atoms with Crippen LogP contribution in [0, 0.1) is 0 Å². The van der Waals surface area contributed by atoms with Crippen LogP contribution in [0.1, 0.15) is 6.42 Å². The number of rotatable bonds is 5. The standard InChI is InChI=1S/C12H15NO4S/c1-16-11(14)8-9-13(12(15)17-2)18-10-6-4-3-5-7-10/h3-7H,8-9H2,1-2H3. The van der Waals surface area contributed by atoms with Gasteiger partial charge in [0.1, 0.15) is 0 Å². The van der Waals surface area contributed by atoms with Gasteiger partial charge >= 0.3 is 12.1 Å². The number of hydrogen-bond acceptors (Lipinski definition) is 5. The molecule has 1 amide bonds. The van der Waals surface area contributed by atoms with Gasteiger partial charge in [-0.1, -0.05) is 18.2 Å². The molecule has 0 radical (unpaired) electrons. The molecule has 0 aromatic heterocycles. The van der Waals surface area contributed by atoms with Gasteiger partial charge in [0.25, 0.3) is 0 Å². The monoisotopic (exact) mass is 269 g/mol. The quantitative estimate of drug-likeness (QED) is 0.606. The topological polar surface area (TPSA) is 55.8 Å². The number of nitrogens with zero attached hydrogens (tertiary/aromatic N) is 1. The van der Waals surface area contributed by atoms with Crippen molar-refractivity contribution >= 4 is 24.0 Å². The summed E-state index contributed by atoms with van der Waals surface area (Å²) in [7, 11) is 2.62. The van der Waals surface area contributed by atoms with Crippen LogP contribution in [-0.4, -0.2) is 37.1 Å². The highest BCUT2D eigenvalue weighted by atomic mass is 32.2. The van der Waals surface area contributed by atoms with Crippen LogP contribution in [0.5, 0.6) is 0 Å². The van der Waals surface area contributed by atoms with E-state index < -0.39 is 6.09 Å². The van der Waals surface area contributed by atoms with E-state index in [4.69, 9.17) is 0 Å². The van der Waals surface area contributed by atoms with Crippen molar-refractivity contribution in [2.75, 3.05) is 20.8 Å². The fraction of sp³-hybridized carbons (Fsp3) is 0.333. The molecule has 98 valence electrons. The van der Waals surface area contributed by atoms with Gasteiger partial charge in [0.05, 0.1) is 20.6 Å². The Bertz CT molecular complexity index is 396. The molecule has 0 aliphatic carbocycles. The average Bonchev–Trinajstić information content (AvgIpc) is 2.43. The Morgan fingerprint density at radius 3 is 2.39 bits per heavy atom. The number of hydrogen-bond donors (Lipinski definition) is 0. The van der Waals surface area contributed by atoms with E-state index >= 15 is 0 Å². The van der Waals surface area contributed by atoms with Gasteiger partial charge in [-0.2, -0.15) is 0 Å². The van der Waals surface area contributed by atoms with Crippen LogP contribution in [0.3, 0.4) is 0 Å². The highest BCUT2D eigenvalue weighted by Gasteiger charge is 2.17. The first-order valence-corrected chi connectivity index (χ1v) is 6.10. The van der Waals surface area contributed by atoms with E-state index in [1.807, 2.05) is 30.3 Å². The molecule has 1 aromatic rings. The van der Waals surface area contributed by atoms with Crippen LogP contribution < -0.4 is 0 Å². The second kappa shape index (κ2) is 7.60. The lowest BCUT2D eigenvalue weighted by atomic mass is 10.4. The third kappa shape index (κ3) is 4.67. The van der Waals surface area contributed by atoms with Gasteiger partial charge in [0.2, 0.25) is 0 Å². The van der Waals surface area contributed by atoms with Crippen molar-refractivity contribution in [3.63, 3.8) is 0 Å². The number of methoxy groups -OCH3 is 2. The largest absolute Gasteiger partial charge is 0.469 e. The van der Waals surface area contributed by atoms with E-state index in [1.54, 1.807) is 0 Å². The predicted molar refractivity (Wildman–Crippen MR) is 68.0 cm³/mol. The van der Waals surface area contributed by atoms with E-state index in [2.05, 4.69) is 9.47 Å². The Morgan fingerprint density at radius 2 is 1.83 bits per heavy atom. The van der Waals surface area contributed by atoms with E-state index in [0.717, 1.165) is 4.90 Å². The lowest BCUT2D eigenvalue weighted by Gasteiger charge is -2.18. The maximum Gasteiger partial charge on any atom is 0.419 e. The van der Waals surface area contributed by atoms with E-state index in [1.165, 1.54) is 30.5 Å². The minimum Gasteiger partial charge on any atom is -0.469 e. The van der Waals surface area contributed by atoms with Gasteiger partial charge in [0, 0.05) is 11.4 Å².